The molecule has 2 heterocycles. The van der Waals surface area contributed by atoms with E-state index in [2.05, 4.69) is 22.3 Å². The van der Waals surface area contributed by atoms with Gasteiger partial charge in [-0.2, -0.15) is 0 Å². The minimum Gasteiger partial charge on any atom is -0.493 e. The topological polar surface area (TPSA) is 67.9 Å². The van der Waals surface area contributed by atoms with E-state index >= 15 is 0 Å². The number of carbonyl (C=O) groups excluding carboxylic acids is 2. The Morgan fingerprint density at radius 3 is 2.50 bits per heavy atom. The van der Waals surface area contributed by atoms with Crippen molar-refractivity contribution >= 4 is 28.2 Å². The average molecular weight is 451 g/mol. The van der Waals surface area contributed by atoms with Crippen LogP contribution in [-0.2, 0) is 29.0 Å². The van der Waals surface area contributed by atoms with Gasteiger partial charge in [-0.15, -0.1) is 11.3 Å². The number of thiophene rings is 1. The van der Waals surface area contributed by atoms with Gasteiger partial charge in [0.05, 0.1) is 25.7 Å². The first-order valence-electron chi connectivity index (χ1n) is 10.6. The standard InChI is InChI=1S/C25H26N2O4S/c1-30-25(29)23-20-12-14-27(16-18-8-4-2-5-9-18)17-21(20)32-24(23)26-22(28)13-15-31-19-10-6-3-7-11-19/h2-11H,12-17H2,1H3,(H,26,28). The zero-order chi connectivity index (χ0) is 22.3. The third kappa shape index (κ3) is 5.36. The van der Waals surface area contributed by atoms with Gasteiger partial charge >= 0.3 is 5.97 Å². The van der Waals surface area contributed by atoms with E-state index in [1.54, 1.807) is 0 Å². The Morgan fingerprint density at radius 1 is 1.06 bits per heavy atom. The van der Waals surface area contributed by atoms with Gasteiger partial charge in [0, 0.05) is 24.5 Å². The zero-order valence-electron chi connectivity index (χ0n) is 18.0. The van der Waals surface area contributed by atoms with Crippen LogP contribution in [-0.4, -0.2) is 37.0 Å². The second-order valence-electron chi connectivity index (χ2n) is 7.61. The summed E-state index contributed by atoms with van der Waals surface area (Å²) in [5.74, 6) is 0.126. The fourth-order valence-corrected chi connectivity index (χ4v) is 5.10. The molecule has 1 aliphatic heterocycles. The number of nitrogens with one attached hydrogen (secondary N) is 1. The first-order chi connectivity index (χ1) is 15.6. The Labute approximate surface area is 191 Å². The smallest absolute Gasteiger partial charge is 0.341 e. The van der Waals surface area contributed by atoms with Crippen molar-refractivity contribution in [1.82, 2.24) is 4.90 Å². The van der Waals surface area contributed by atoms with Crippen LogP contribution in [0.3, 0.4) is 0 Å². The molecule has 4 rings (SSSR count). The van der Waals surface area contributed by atoms with Crippen molar-refractivity contribution in [2.24, 2.45) is 0 Å². The molecule has 0 bridgehead atoms. The molecule has 7 heteroatoms. The molecule has 0 unspecified atom stereocenters. The number of nitrogens with zero attached hydrogens (tertiary/aromatic N) is 1. The molecule has 32 heavy (non-hydrogen) atoms. The third-order valence-corrected chi connectivity index (χ3v) is 6.50. The second-order valence-corrected chi connectivity index (χ2v) is 8.71. The average Bonchev–Trinajstić information content (AvgIpc) is 3.16. The first-order valence-corrected chi connectivity index (χ1v) is 11.4. The van der Waals surface area contributed by atoms with Gasteiger partial charge < -0.3 is 14.8 Å². The number of para-hydroxylation sites is 1. The van der Waals surface area contributed by atoms with Gasteiger partial charge in [-0.3, -0.25) is 9.69 Å². The Kier molecular flexibility index (Phi) is 7.19. The number of fused-ring (bicyclic) bond motifs is 1. The Hall–Kier alpha value is -3.16. The molecule has 1 aliphatic rings. The van der Waals surface area contributed by atoms with E-state index in [0.29, 0.717) is 10.6 Å². The predicted octanol–water partition coefficient (Wildman–Crippen LogP) is 4.50. The number of benzene rings is 2. The van der Waals surface area contributed by atoms with Crippen molar-refractivity contribution in [1.29, 1.82) is 0 Å². The summed E-state index contributed by atoms with van der Waals surface area (Å²) in [7, 11) is 1.37. The summed E-state index contributed by atoms with van der Waals surface area (Å²) in [6.07, 6.45) is 0.939. The van der Waals surface area contributed by atoms with Gasteiger partial charge in [-0.25, -0.2) is 4.79 Å². The molecule has 0 fully saturated rings. The second kappa shape index (κ2) is 10.4. The summed E-state index contributed by atoms with van der Waals surface area (Å²) in [6, 6.07) is 19.7. The third-order valence-electron chi connectivity index (χ3n) is 5.37. The fraction of sp³-hybridized carbons (Fsp3) is 0.280. The van der Waals surface area contributed by atoms with Crippen LogP contribution in [0.1, 0.15) is 32.8 Å². The van der Waals surface area contributed by atoms with E-state index in [4.69, 9.17) is 9.47 Å². The maximum atomic E-state index is 12.5. The lowest BCUT2D eigenvalue weighted by atomic mass is 10.0. The largest absolute Gasteiger partial charge is 0.493 e. The van der Waals surface area contributed by atoms with Crippen molar-refractivity contribution < 1.29 is 19.1 Å². The predicted molar refractivity (Wildman–Crippen MR) is 125 cm³/mol. The summed E-state index contributed by atoms with van der Waals surface area (Å²) in [5.41, 5.74) is 2.74. The minimum atomic E-state index is -0.408. The monoisotopic (exact) mass is 450 g/mol. The summed E-state index contributed by atoms with van der Waals surface area (Å²) in [5, 5.41) is 3.48. The van der Waals surface area contributed by atoms with Crippen LogP contribution >= 0.6 is 11.3 Å². The lowest BCUT2D eigenvalue weighted by Gasteiger charge is -2.27. The molecule has 0 spiro atoms. The number of amides is 1. The molecule has 0 radical (unpaired) electrons. The van der Waals surface area contributed by atoms with E-state index < -0.39 is 5.97 Å². The summed E-state index contributed by atoms with van der Waals surface area (Å²) >= 11 is 1.46. The lowest BCUT2D eigenvalue weighted by Crippen LogP contribution is -2.29. The maximum Gasteiger partial charge on any atom is 0.341 e. The lowest BCUT2D eigenvalue weighted by molar-refractivity contribution is -0.116. The van der Waals surface area contributed by atoms with Crippen LogP contribution in [0.15, 0.2) is 60.7 Å². The van der Waals surface area contributed by atoms with Gasteiger partial charge in [0.1, 0.15) is 10.8 Å². The molecule has 2 aromatic carbocycles. The van der Waals surface area contributed by atoms with Crippen molar-refractivity contribution in [2.75, 3.05) is 25.6 Å². The molecule has 3 aromatic rings. The van der Waals surface area contributed by atoms with Gasteiger partial charge in [-0.05, 0) is 29.7 Å². The van der Waals surface area contributed by atoms with Crippen molar-refractivity contribution in [3.05, 3.63) is 82.2 Å². The van der Waals surface area contributed by atoms with Crippen LogP contribution in [0.2, 0.25) is 0 Å². The Bertz CT molecular complexity index is 1070. The SMILES string of the molecule is COC(=O)c1c(NC(=O)CCOc2ccccc2)sc2c1CCN(Cc1ccccc1)C2. The highest BCUT2D eigenvalue weighted by Gasteiger charge is 2.29. The number of anilines is 1. The van der Waals surface area contributed by atoms with Gasteiger partial charge in [0.25, 0.3) is 0 Å². The van der Waals surface area contributed by atoms with Crippen molar-refractivity contribution in [3.63, 3.8) is 0 Å². The zero-order valence-corrected chi connectivity index (χ0v) is 18.8. The molecular formula is C25H26N2O4S. The summed E-state index contributed by atoms with van der Waals surface area (Å²) < 4.78 is 10.6. The van der Waals surface area contributed by atoms with Gasteiger partial charge in [0.15, 0.2) is 0 Å². The first kappa shape index (κ1) is 22.0. The van der Waals surface area contributed by atoms with E-state index in [1.807, 2.05) is 48.5 Å². The molecule has 0 atom stereocenters. The van der Waals surface area contributed by atoms with Crippen molar-refractivity contribution in [3.8, 4) is 5.75 Å². The van der Waals surface area contributed by atoms with Crippen LogP contribution in [0.5, 0.6) is 5.75 Å². The summed E-state index contributed by atoms with van der Waals surface area (Å²) in [4.78, 5) is 28.5. The maximum absolute atomic E-state index is 12.5. The molecule has 0 aliphatic carbocycles. The minimum absolute atomic E-state index is 0.189. The van der Waals surface area contributed by atoms with E-state index in [1.165, 1.54) is 24.0 Å². The summed E-state index contributed by atoms with van der Waals surface area (Å²) in [6.45, 7) is 2.70. The molecule has 166 valence electrons. The molecule has 1 amide bonds. The van der Waals surface area contributed by atoms with E-state index in [9.17, 15) is 9.59 Å². The van der Waals surface area contributed by atoms with Crippen LogP contribution in [0, 0.1) is 0 Å². The molecule has 0 saturated heterocycles. The molecular weight excluding hydrogens is 424 g/mol. The van der Waals surface area contributed by atoms with E-state index in [-0.39, 0.29) is 18.9 Å². The number of rotatable bonds is 8. The van der Waals surface area contributed by atoms with Gasteiger partial charge in [0.2, 0.25) is 5.91 Å². The highest BCUT2D eigenvalue weighted by atomic mass is 32.1. The molecule has 1 N–H and O–H groups in total. The molecule has 1 aromatic heterocycles. The molecule has 6 nitrogen and oxygen atoms in total. The number of hydrogen-bond acceptors (Lipinski definition) is 6. The number of esters is 1. The number of hydrogen-bond donors (Lipinski definition) is 1. The van der Waals surface area contributed by atoms with Gasteiger partial charge in [-0.1, -0.05) is 48.5 Å². The van der Waals surface area contributed by atoms with Crippen LogP contribution in [0.25, 0.3) is 0 Å². The fourth-order valence-electron chi connectivity index (χ4n) is 3.81. The Morgan fingerprint density at radius 2 is 1.78 bits per heavy atom. The van der Waals surface area contributed by atoms with Crippen LogP contribution in [0.4, 0.5) is 5.00 Å². The molecule has 0 saturated carbocycles. The Balaban J connectivity index is 1.43. The van der Waals surface area contributed by atoms with Crippen LogP contribution < -0.4 is 10.1 Å². The number of ether oxygens (including phenoxy) is 2. The number of carbonyl (C=O) groups is 2. The van der Waals surface area contributed by atoms with Crippen molar-refractivity contribution in [2.45, 2.75) is 25.9 Å². The van der Waals surface area contributed by atoms with E-state index in [0.717, 1.165) is 42.2 Å². The highest BCUT2D eigenvalue weighted by Crippen LogP contribution is 2.38. The quantitative estimate of drug-likeness (QED) is 0.512. The number of methoxy groups -OCH3 is 1. The normalized spacial score (nSPS) is 13.3. The highest BCUT2D eigenvalue weighted by molar-refractivity contribution is 7.17.